The molecule has 99 heavy (non-hydrogen) atoms. The van der Waals surface area contributed by atoms with Crippen LogP contribution in [-0.2, 0) is 103 Å². The van der Waals surface area contributed by atoms with Crippen molar-refractivity contribution in [3.63, 3.8) is 0 Å². The van der Waals surface area contributed by atoms with Gasteiger partial charge in [-0.15, -0.1) is 0 Å². The number of Topliss-reactive ketones (excluding diaryl/α,β-unsaturated/α-hetero) is 6. The quantitative estimate of drug-likeness (QED) is 0.0366. The first-order chi connectivity index (χ1) is 47.5. The van der Waals surface area contributed by atoms with Crippen molar-refractivity contribution in [2.24, 2.45) is 0 Å². The summed E-state index contributed by atoms with van der Waals surface area (Å²) in [6.07, 6.45) is 13.3. The standard InChI is InChI=1S/C14H20O2.C13H18O3.C10H18O3.C9H16O3.C8H16O2.C6H13NO2.C6H12O3.C6H14O.C5H12O2/c1-3-12-7-9-13(10-8-12)14(15)6-5-11-16-4-2;1-3-11-5-7-12(8-6-11)13(14)16-10-9-15-4-2;1-3-10(12)5-4-7-13-8-6-9(2)11;1-8(10)4-3-6-12-7-5-9(2)11;1-3-4-6-10-7-5-8(2)9;1-3-9-5-4-6(8)7-2;1-3-8-4-5-9-6(2)7;1-3-5-6-7-4-2;1-3-7-5-4-6-2/h7-10H,3-6,11H2,1-2H3;5-8H,3-4,9-10H2,1-2H3;3-8H2,1-2H3;3-7H2,1-2H3;3-7H2,1-2H3;3-5H2,1-2H3,(H,7,8);3-5H2,1-2H3;3-6H2,1-2H3;3-5H2,1-2H3. The Balaban J connectivity index is -0.000000195. The number of ether oxygens (including phenoxy) is 12. The maximum Gasteiger partial charge on any atom is 0.338 e. The predicted octanol–water partition coefficient (Wildman–Crippen LogP) is 13.8. The van der Waals surface area contributed by atoms with Gasteiger partial charge < -0.3 is 67.0 Å². The molecule has 2 aromatic carbocycles. The number of ketones is 6. The van der Waals surface area contributed by atoms with Crippen LogP contribution >= 0.6 is 0 Å². The molecule has 1 N–H and O–H groups in total. The van der Waals surface area contributed by atoms with Gasteiger partial charge in [-0.3, -0.25) is 33.6 Å². The third-order valence-electron chi connectivity index (χ3n) is 12.4. The van der Waals surface area contributed by atoms with E-state index in [9.17, 15) is 43.2 Å². The predicted molar refractivity (Wildman–Crippen MR) is 394 cm³/mol. The van der Waals surface area contributed by atoms with Crippen LogP contribution in [0.4, 0.5) is 0 Å². The SMILES string of the molecule is CC(=O)CCCOCCC(C)=O.CCC(=O)CCCOCCC(C)=O.CCCCOCC.CCCCOCCC(C)=O.CCOCCC(=O)NC.CCOCCCC(=O)c1ccc(CC)cc1.CCOCCOC.CCOCCOC(=O)c1ccc(CC)cc1.CCOCCOC(C)=O. The molecule has 1 amide bonds. The van der Waals surface area contributed by atoms with Gasteiger partial charge in [0.1, 0.15) is 42.1 Å². The maximum absolute atomic E-state index is 11.8. The summed E-state index contributed by atoms with van der Waals surface area (Å²) in [7, 11) is 3.29. The first-order valence-electron chi connectivity index (χ1n) is 35.9. The van der Waals surface area contributed by atoms with E-state index in [-0.39, 0.29) is 52.5 Å². The van der Waals surface area contributed by atoms with E-state index in [1.165, 1.54) is 30.9 Å². The van der Waals surface area contributed by atoms with E-state index in [0.29, 0.717) is 163 Å². The molecule has 0 heterocycles. The fourth-order valence-electron chi connectivity index (χ4n) is 6.52. The topological polar surface area (TPSA) is 276 Å². The van der Waals surface area contributed by atoms with Gasteiger partial charge in [-0.2, -0.15) is 0 Å². The second-order valence-electron chi connectivity index (χ2n) is 21.4. The highest BCUT2D eigenvalue weighted by molar-refractivity contribution is 5.96. The van der Waals surface area contributed by atoms with Crippen molar-refractivity contribution in [1.29, 1.82) is 0 Å². The molecule has 0 radical (unpaired) electrons. The summed E-state index contributed by atoms with van der Waals surface area (Å²) in [6.45, 7) is 42.7. The van der Waals surface area contributed by atoms with Crippen molar-refractivity contribution in [2.75, 3.05) is 153 Å². The van der Waals surface area contributed by atoms with E-state index in [2.05, 4.69) is 37.7 Å². The van der Waals surface area contributed by atoms with E-state index in [1.807, 2.05) is 84.9 Å². The average Bonchev–Trinajstić information content (AvgIpc) is 0.955. The number of methoxy groups -OCH3 is 1. The van der Waals surface area contributed by atoms with Crippen molar-refractivity contribution in [1.82, 2.24) is 5.32 Å². The maximum atomic E-state index is 11.8. The van der Waals surface area contributed by atoms with Crippen LogP contribution in [0.5, 0.6) is 0 Å². The van der Waals surface area contributed by atoms with Crippen LogP contribution in [0, 0.1) is 0 Å². The van der Waals surface area contributed by atoms with Gasteiger partial charge in [0.2, 0.25) is 5.91 Å². The van der Waals surface area contributed by atoms with E-state index in [0.717, 1.165) is 83.5 Å². The molecule has 0 spiro atoms. The number of amides is 1. The molecule has 0 aliphatic heterocycles. The number of aryl methyl sites for hydroxylation is 2. The molecule has 2 aromatic rings. The summed E-state index contributed by atoms with van der Waals surface area (Å²) in [6, 6.07) is 15.4. The van der Waals surface area contributed by atoms with Crippen LogP contribution in [0.25, 0.3) is 0 Å². The van der Waals surface area contributed by atoms with Crippen molar-refractivity contribution < 1.29 is 100.0 Å². The van der Waals surface area contributed by atoms with E-state index < -0.39 is 0 Å². The Morgan fingerprint density at radius 3 is 1.03 bits per heavy atom. The molecular weight excluding hydrogens is 1270 g/mol. The normalized spacial score (nSPS) is 9.80. The van der Waals surface area contributed by atoms with Gasteiger partial charge in [-0.1, -0.05) is 83.9 Å². The number of carbonyl (C=O) groups excluding carboxylic acids is 9. The lowest BCUT2D eigenvalue weighted by Crippen LogP contribution is -2.19. The Bertz CT molecular complexity index is 2020. The first kappa shape index (κ1) is 107. The molecule has 0 fully saturated rings. The van der Waals surface area contributed by atoms with E-state index >= 15 is 0 Å². The molecule has 0 saturated carbocycles. The summed E-state index contributed by atoms with van der Waals surface area (Å²) in [5.41, 5.74) is 3.89. The summed E-state index contributed by atoms with van der Waals surface area (Å²) >= 11 is 0. The van der Waals surface area contributed by atoms with Crippen LogP contribution < -0.4 is 5.32 Å². The van der Waals surface area contributed by atoms with Gasteiger partial charge in [-0.25, -0.2) is 4.79 Å². The summed E-state index contributed by atoms with van der Waals surface area (Å²) in [4.78, 5) is 96.6. The fourth-order valence-corrected chi connectivity index (χ4v) is 6.52. The molecule has 0 aromatic heterocycles. The zero-order valence-electron chi connectivity index (χ0n) is 65.1. The Morgan fingerprint density at radius 1 is 0.333 bits per heavy atom. The van der Waals surface area contributed by atoms with Crippen LogP contribution in [0.15, 0.2) is 48.5 Å². The lowest BCUT2D eigenvalue weighted by atomic mass is 10.0. The first-order valence-corrected chi connectivity index (χ1v) is 35.9. The summed E-state index contributed by atoms with van der Waals surface area (Å²) in [5.74, 6) is 0.644. The highest BCUT2D eigenvalue weighted by Gasteiger charge is 2.07. The number of nitrogens with one attached hydrogen (secondary N) is 1. The van der Waals surface area contributed by atoms with Gasteiger partial charge in [0.25, 0.3) is 0 Å². The second-order valence-corrected chi connectivity index (χ2v) is 21.4. The number of esters is 2. The Labute approximate surface area is 599 Å². The lowest BCUT2D eigenvalue weighted by molar-refractivity contribution is -0.142. The summed E-state index contributed by atoms with van der Waals surface area (Å²) in [5, 5.41) is 2.50. The van der Waals surface area contributed by atoms with Gasteiger partial charge in [-0.05, 0) is 137 Å². The van der Waals surface area contributed by atoms with Gasteiger partial charge in [0, 0.05) is 151 Å². The zero-order chi connectivity index (χ0) is 76.2. The summed E-state index contributed by atoms with van der Waals surface area (Å²) < 4.78 is 59.9. The van der Waals surface area contributed by atoms with Crippen molar-refractivity contribution >= 4 is 52.5 Å². The molecular formula is C77H139NO21. The molecule has 0 unspecified atom stereocenters. The molecule has 0 aliphatic rings. The largest absolute Gasteiger partial charge is 0.463 e. The molecule has 22 heteroatoms. The minimum Gasteiger partial charge on any atom is -0.463 e. The second kappa shape index (κ2) is 90.5. The van der Waals surface area contributed by atoms with Gasteiger partial charge in [0.05, 0.1) is 58.4 Å². The molecule has 2 rings (SSSR count). The molecule has 578 valence electrons. The lowest BCUT2D eigenvalue weighted by Gasteiger charge is -2.05. The number of benzene rings is 2. The van der Waals surface area contributed by atoms with E-state index in [1.54, 1.807) is 54.0 Å². The smallest absolute Gasteiger partial charge is 0.338 e. The fraction of sp³-hybridized carbons (Fsp3) is 0.727. The Kier molecular flexibility index (Phi) is 97.7. The average molecular weight is 1410 g/mol. The number of hydrogen-bond donors (Lipinski definition) is 1. The Hall–Kier alpha value is -5.53. The van der Waals surface area contributed by atoms with Crippen molar-refractivity contribution in [3.8, 4) is 0 Å². The number of unbranched alkanes of at least 4 members (excludes halogenated alkanes) is 2. The van der Waals surface area contributed by atoms with Gasteiger partial charge in [0.15, 0.2) is 5.78 Å². The van der Waals surface area contributed by atoms with Gasteiger partial charge >= 0.3 is 11.9 Å². The van der Waals surface area contributed by atoms with E-state index in [4.69, 9.17) is 52.1 Å². The molecule has 0 bridgehead atoms. The third kappa shape index (κ3) is 101. The number of carbonyl (C=O) groups is 9. The molecule has 22 nitrogen and oxygen atoms in total. The van der Waals surface area contributed by atoms with Crippen LogP contribution in [0.3, 0.4) is 0 Å². The third-order valence-corrected chi connectivity index (χ3v) is 12.4. The van der Waals surface area contributed by atoms with Crippen LogP contribution in [0.2, 0.25) is 0 Å². The van der Waals surface area contributed by atoms with Crippen molar-refractivity contribution in [2.45, 2.75) is 220 Å². The Morgan fingerprint density at radius 2 is 0.667 bits per heavy atom. The van der Waals surface area contributed by atoms with Crippen LogP contribution in [-0.4, -0.2) is 205 Å². The highest BCUT2D eigenvalue weighted by atomic mass is 16.6. The molecule has 0 atom stereocenters. The highest BCUT2D eigenvalue weighted by Crippen LogP contribution is 2.10. The number of hydrogen-bond acceptors (Lipinski definition) is 21. The minimum absolute atomic E-state index is 0.0310. The molecule has 0 aliphatic carbocycles. The zero-order valence-corrected chi connectivity index (χ0v) is 65.1. The minimum atomic E-state index is -0.289. The van der Waals surface area contributed by atoms with Crippen molar-refractivity contribution in [3.05, 3.63) is 70.8 Å². The number of rotatable bonds is 50. The monoisotopic (exact) mass is 1410 g/mol. The van der Waals surface area contributed by atoms with Crippen LogP contribution in [0.1, 0.15) is 239 Å². The molecule has 0 saturated heterocycles.